The maximum Gasteiger partial charge on any atom is 0.227 e. The fourth-order valence-electron chi connectivity index (χ4n) is 3.42. The summed E-state index contributed by atoms with van der Waals surface area (Å²) < 4.78 is 46.3. The Morgan fingerprint density at radius 2 is 1.89 bits per heavy atom. The summed E-state index contributed by atoms with van der Waals surface area (Å²) in [5.74, 6) is -1.13. The van der Waals surface area contributed by atoms with Crippen molar-refractivity contribution in [2.24, 2.45) is 0 Å². The van der Waals surface area contributed by atoms with Gasteiger partial charge in [0, 0.05) is 31.0 Å². The number of carbonyl (C=O) groups excluding carboxylic acids is 1. The predicted molar refractivity (Wildman–Crippen MR) is 97.3 cm³/mol. The van der Waals surface area contributed by atoms with Gasteiger partial charge in [-0.1, -0.05) is 0 Å². The molecule has 0 saturated carbocycles. The largest absolute Gasteiger partial charge is 0.441 e. The second kappa shape index (κ2) is 7.50. The van der Waals surface area contributed by atoms with Gasteiger partial charge < -0.3 is 9.32 Å². The van der Waals surface area contributed by atoms with E-state index in [0.29, 0.717) is 42.2 Å². The molecule has 1 aliphatic rings. The Kier molecular flexibility index (Phi) is 4.90. The van der Waals surface area contributed by atoms with Crippen molar-refractivity contribution in [3.8, 4) is 11.3 Å². The summed E-state index contributed by atoms with van der Waals surface area (Å²) in [6, 6.07) is 7.89. The molecule has 0 N–H and O–H groups in total. The fourth-order valence-corrected chi connectivity index (χ4v) is 3.42. The summed E-state index contributed by atoms with van der Waals surface area (Å²) in [6.45, 7) is 0.390. The standard InChI is InChI=1S/C21H17F3N2O2/c22-15-5-3-13(4-6-15)18-12-25-19(28-18)7-8-20(27)26-9-1-2-14-10-16(23)11-17(24)21(14)26/h3-6,10-12H,1-2,7-9H2. The number of carbonyl (C=O) groups is 1. The first-order chi connectivity index (χ1) is 13.5. The van der Waals surface area contributed by atoms with Gasteiger partial charge in [0.05, 0.1) is 11.9 Å². The van der Waals surface area contributed by atoms with E-state index in [2.05, 4.69) is 4.98 Å². The van der Waals surface area contributed by atoms with Crippen LogP contribution in [-0.4, -0.2) is 17.4 Å². The molecule has 0 unspecified atom stereocenters. The van der Waals surface area contributed by atoms with E-state index in [9.17, 15) is 18.0 Å². The van der Waals surface area contributed by atoms with Gasteiger partial charge >= 0.3 is 0 Å². The van der Waals surface area contributed by atoms with Gasteiger partial charge in [0.2, 0.25) is 5.91 Å². The predicted octanol–water partition coefficient (Wildman–Crippen LogP) is 4.67. The van der Waals surface area contributed by atoms with E-state index in [-0.39, 0.29) is 30.3 Å². The molecule has 28 heavy (non-hydrogen) atoms. The Hall–Kier alpha value is -3.09. The van der Waals surface area contributed by atoms with Gasteiger partial charge in [-0.15, -0.1) is 0 Å². The summed E-state index contributed by atoms with van der Waals surface area (Å²) in [5.41, 5.74) is 1.35. The monoisotopic (exact) mass is 386 g/mol. The fraction of sp³-hybridized carbons (Fsp3) is 0.238. The molecule has 0 spiro atoms. The minimum Gasteiger partial charge on any atom is -0.441 e. The molecule has 0 bridgehead atoms. The van der Waals surface area contributed by atoms with Gasteiger partial charge in [-0.25, -0.2) is 18.2 Å². The highest BCUT2D eigenvalue weighted by Crippen LogP contribution is 2.31. The number of halogens is 3. The van der Waals surface area contributed by atoms with Crippen molar-refractivity contribution in [1.82, 2.24) is 4.98 Å². The third kappa shape index (κ3) is 3.65. The highest BCUT2D eigenvalue weighted by molar-refractivity contribution is 5.94. The van der Waals surface area contributed by atoms with Crippen LogP contribution in [0.1, 0.15) is 24.3 Å². The molecule has 0 saturated heterocycles. The van der Waals surface area contributed by atoms with E-state index in [0.717, 1.165) is 6.07 Å². The van der Waals surface area contributed by atoms with Crippen LogP contribution in [0.2, 0.25) is 0 Å². The Labute approximate surface area is 159 Å². The number of amides is 1. The van der Waals surface area contributed by atoms with Crippen molar-refractivity contribution in [1.29, 1.82) is 0 Å². The van der Waals surface area contributed by atoms with Crippen LogP contribution in [0.5, 0.6) is 0 Å². The number of aromatic nitrogens is 1. The topological polar surface area (TPSA) is 46.3 Å². The van der Waals surface area contributed by atoms with Crippen LogP contribution in [0.15, 0.2) is 47.0 Å². The van der Waals surface area contributed by atoms with Crippen molar-refractivity contribution in [3.63, 3.8) is 0 Å². The number of rotatable bonds is 4. The molecule has 1 amide bonds. The summed E-state index contributed by atoms with van der Waals surface area (Å²) in [5, 5.41) is 0. The minimum atomic E-state index is -0.724. The molecule has 0 radical (unpaired) electrons. The van der Waals surface area contributed by atoms with Gasteiger partial charge in [-0.2, -0.15) is 0 Å². The highest BCUT2D eigenvalue weighted by Gasteiger charge is 2.26. The molecule has 1 aliphatic heterocycles. The number of fused-ring (bicyclic) bond motifs is 1. The third-order valence-corrected chi connectivity index (χ3v) is 4.74. The quantitative estimate of drug-likeness (QED) is 0.655. The maximum absolute atomic E-state index is 14.2. The molecular weight excluding hydrogens is 369 g/mol. The molecule has 144 valence electrons. The summed E-state index contributed by atoms with van der Waals surface area (Å²) in [7, 11) is 0. The zero-order chi connectivity index (χ0) is 19.7. The summed E-state index contributed by atoms with van der Waals surface area (Å²) in [6.07, 6.45) is 3.03. The molecule has 2 heterocycles. The molecule has 3 aromatic rings. The number of nitrogens with zero attached hydrogens (tertiary/aromatic N) is 2. The lowest BCUT2D eigenvalue weighted by molar-refractivity contribution is -0.118. The first kappa shape index (κ1) is 18.3. The Balaban J connectivity index is 1.45. The van der Waals surface area contributed by atoms with Gasteiger partial charge in [-0.3, -0.25) is 4.79 Å². The smallest absolute Gasteiger partial charge is 0.227 e. The molecule has 0 fully saturated rings. The van der Waals surface area contributed by atoms with Crippen molar-refractivity contribution < 1.29 is 22.4 Å². The highest BCUT2D eigenvalue weighted by atomic mass is 19.1. The first-order valence-electron chi connectivity index (χ1n) is 9.00. The summed E-state index contributed by atoms with van der Waals surface area (Å²) in [4.78, 5) is 18.2. The van der Waals surface area contributed by atoms with E-state index in [4.69, 9.17) is 4.42 Å². The lowest BCUT2D eigenvalue weighted by Crippen LogP contribution is -2.36. The first-order valence-corrected chi connectivity index (χ1v) is 9.00. The second-order valence-electron chi connectivity index (χ2n) is 6.67. The van der Waals surface area contributed by atoms with Gasteiger partial charge in [0.15, 0.2) is 11.7 Å². The van der Waals surface area contributed by atoms with Crippen molar-refractivity contribution in [2.45, 2.75) is 25.7 Å². The average molecular weight is 386 g/mol. The van der Waals surface area contributed by atoms with E-state index in [1.165, 1.54) is 29.3 Å². The van der Waals surface area contributed by atoms with Crippen LogP contribution < -0.4 is 4.90 Å². The second-order valence-corrected chi connectivity index (χ2v) is 6.67. The minimum absolute atomic E-state index is 0.0830. The van der Waals surface area contributed by atoms with Crippen LogP contribution >= 0.6 is 0 Å². The number of aryl methyl sites for hydroxylation is 2. The average Bonchev–Trinajstić information content (AvgIpc) is 3.15. The number of hydrogen-bond donors (Lipinski definition) is 0. The van der Waals surface area contributed by atoms with Crippen molar-refractivity contribution in [2.75, 3.05) is 11.4 Å². The molecule has 0 aliphatic carbocycles. The van der Waals surface area contributed by atoms with Gasteiger partial charge in [-0.05, 0) is 48.7 Å². The van der Waals surface area contributed by atoms with Crippen molar-refractivity contribution >= 4 is 11.6 Å². The normalized spacial score (nSPS) is 13.5. The zero-order valence-corrected chi connectivity index (χ0v) is 14.9. The van der Waals surface area contributed by atoms with Crippen LogP contribution in [0.3, 0.4) is 0 Å². The van der Waals surface area contributed by atoms with Crippen LogP contribution in [0.25, 0.3) is 11.3 Å². The van der Waals surface area contributed by atoms with E-state index < -0.39 is 11.6 Å². The SMILES string of the molecule is O=C(CCc1ncc(-c2ccc(F)cc2)o1)N1CCCc2cc(F)cc(F)c21. The zero-order valence-electron chi connectivity index (χ0n) is 14.9. The van der Waals surface area contributed by atoms with Gasteiger partial charge in [0.25, 0.3) is 0 Å². The molecule has 0 atom stereocenters. The van der Waals surface area contributed by atoms with E-state index in [1.807, 2.05) is 0 Å². The number of benzene rings is 2. The number of hydrogen-bond acceptors (Lipinski definition) is 3. The van der Waals surface area contributed by atoms with E-state index >= 15 is 0 Å². The van der Waals surface area contributed by atoms with Crippen LogP contribution in [0, 0.1) is 17.5 Å². The Bertz CT molecular complexity index is 1010. The molecule has 4 nitrogen and oxygen atoms in total. The number of anilines is 1. The lowest BCUT2D eigenvalue weighted by Gasteiger charge is -2.29. The maximum atomic E-state index is 14.2. The molecule has 1 aromatic heterocycles. The van der Waals surface area contributed by atoms with Gasteiger partial charge in [0.1, 0.15) is 17.5 Å². The molecule has 2 aromatic carbocycles. The molecule has 4 rings (SSSR count). The Morgan fingerprint density at radius 3 is 2.68 bits per heavy atom. The van der Waals surface area contributed by atoms with Crippen LogP contribution in [0.4, 0.5) is 18.9 Å². The van der Waals surface area contributed by atoms with E-state index in [1.54, 1.807) is 12.1 Å². The summed E-state index contributed by atoms with van der Waals surface area (Å²) >= 11 is 0. The Morgan fingerprint density at radius 1 is 1.11 bits per heavy atom. The molecule has 7 heteroatoms. The van der Waals surface area contributed by atoms with Crippen LogP contribution in [-0.2, 0) is 17.6 Å². The third-order valence-electron chi connectivity index (χ3n) is 4.74. The molecular formula is C21H17F3N2O2. The number of oxazole rings is 1. The lowest BCUT2D eigenvalue weighted by atomic mass is 10.0. The van der Waals surface area contributed by atoms with Crippen molar-refractivity contribution in [3.05, 3.63) is 71.5 Å².